The van der Waals surface area contributed by atoms with Crippen molar-refractivity contribution in [2.75, 3.05) is 0 Å². The summed E-state index contributed by atoms with van der Waals surface area (Å²) >= 11 is 0. The molecule has 17 heavy (non-hydrogen) atoms. The Hall–Kier alpha value is -1.68. The van der Waals surface area contributed by atoms with E-state index >= 15 is 0 Å². The quantitative estimate of drug-likeness (QED) is 0.878. The highest BCUT2D eigenvalue weighted by atomic mass is 16.4. The number of hydrogen-bond acceptors (Lipinski definition) is 4. The number of aromatic nitrogens is 2. The first kappa shape index (κ1) is 11.8. The minimum Gasteiger partial charge on any atom is -0.419 e. The minimum atomic E-state index is -0.190. The monoisotopic (exact) mass is 231 g/mol. The van der Waals surface area contributed by atoms with Crippen LogP contribution in [0.2, 0.25) is 0 Å². The summed E-state index contributed by atoms with van der Waals surface area (Å²) in [7, 11) is 0. The standard InChI is InChI=1S/C13H17N3O/c1-3-9(2)11(14)13-16-15-12(17-13)10-7-5-4-6-8-10/h4-9,11H,3,14H2,1-2H3/t9?,11-/m1/s1. The van der Waals surface area contributed by atoms with Gasteiger partial charge in [0.1, 0.15) is 0 Å². The summed E-state index contributed by atoms with van der Waals surface area (Å²) in [5.41, 5.74) is 6.96. The summed E-state index contributed by atoms with van der Waals surface area (Å²) < 4.78 is 5.61. The van der Waals surface area contributed by atoms with Gasteiger partial charge in [-0.05, 0) is 18.1 Å². The molecule has 2 aromatic rings. The van der Waals surface area contributed by atoms with E-state index in [0.717, 1.165) is 12.0 Å². The number of benzene rings is 1. The van der Waals surface area contributed by atoms with Gasteiger partial charge < -0.3 is 10.2 Å². The molecule has 0 fully saturated rings. The topological polar surface area (TPSA) is 64.9 Å². The number of hydrogen-bond donors (Lipinski definition) is 1. The van der Waals surface area contributed by atoms with Crippen molar-refractivity contribution in [3.63, 3.8) is 0 Å². The van der Waals surface area contributed by atoms with Crippen molar-refractivity contribution >= 4 is 0 Å². The molecule has 0 aliphatic rings. The summed E-state index contributed by atoms with van der Waals surface area (Å²) in [5.74, 6) is 1.37. The van der Waals surface area contributed by atoms with Crippen molar-refractivity contribution in [2.24, 2.45) is 11.7 Å². The van der Waals surface area contributed by atoms with Crippen molar-refractivity contribution in [1.29, 1.82) is 0 Å². The van der Waals surface area contributed by atoms with Gasteiger partial charge in [0.05, 0.1) is 6.04 Å². The Kier molecular flexibility index (Phi) is 3.54. The number of nitrogens with zero attached hydrogens (tertiary/aromatic N) is 2. The molecule has 0 aliphatic carbocycles. The second kappa shape index (κ2) is 5.10. The maximum atomic E-state index is 6.04. The van der Waals surface area contributed by atoms with E-state index in [1.807, 2.05) is 30.3 Å². The summed E-state index contributed by atoms with van der Waals surface area (Å²) in [4.78, 5) is 0. The summed E-state index contributed by atoms with van der Waals surface area (Å²) in [6.45, 7) is 4.18. The first-order chi connectivity index (χ1) is 8.22. The lowest BCUT2D eigenvalue weighted by atomic mass is 10.0. The normalized spacial score (nSPS) is 14.5. The van der Waals surface area contributed by atoms with Gasteiger partial charge in [-0.2, -0.15) is 0 Å². The molecule has 0 saturated carbocycles. The van der Waals surface area contributed by atoms with Crippen LogP contribution in [-0.2, 0) is 0 Å². The zero-order valence-corrected chi connectivity index (χ0v) is 10.1. The third kappa shape index (κ3) is 2.53. The van der Waals surface area contributed by atoms with Crippen LogP contribution in [0.4, 0.5) is 0 Å². The van der Waals surface area contributed by atoms with E-state index in [4.69, 9.17) is 10.2 Å². The molecule has 0 bridgehead atoms. The third-order valence-electron chi connectivity index (χ3n) is 3.00. The van der Waals surface area contributed by atoms with E-state index in [9.17, 15) is 0 Å². The average Bonchev–Trinajstić information content (AvgIpc) is 2.87. The van der Waals surface area contributed by atoms with E-state index in [-0.39, 0.29) is 6.04 Å². The van der Waals surface area contributed by atoms with Gasteiger partial charge in [-0.25, -0.2) is 0 Å². The van der Waals surface area contributed by atoms with Gasteiger partial charge in [-0.15, -0.1) is 10.2 Å². The van der Waals surface area contributed by atoms with Gasteiger partial charge >= 0.3 is 0 Å². The highest BCUT2D eigenvalue weighted by Crippen LogP contribution is 2.24. The van der Waals surface area contributed by atoms with Crippen LogP contribution in [0.5, 0.6) is 0 Å². The molecule has 1 aromatic carbocycles. The molecule has 2 atom stereocenters. The molecule has 0 saturated heterocycles. The Bertz CT molecular complexity index is 467. The van der Waals surface area contributed by atoms with Gasteiger partial charge in [0.2, 0.25) is 11.8 Å². The van der Waals surface area contributed by atoms with Crippen LogP contribution in [-0.4, -0.2) is 10.2 Å². The SMILES string of the molecule is CCC(C)[C@@H](N)c1nnc(-c2ccccc2)o1. The summed E-state index contributed by atoms with van der Waals surface area (Å²) in [5, 5.41) is 8.05. The van der Waals surface area contributed by atoms with Crippen LogP contribution in [0, 0.1) is 5.92 Å². The number of rotatable bonds is 4. The predicted molar refractivity (Wildman–Crippen MR) is 66.1 cm³/mol. The molecule has 0 amide bonds. The fourth-order valence-electron chi connectivity index (χ4n) is 1.56. The maximum Gasteiger partial charge on any atom is 0.247 e. The molecular weight excluding hydrogens is 214 g/mol. The van der Waals surface area contributed by atoms with E-state index in [1.165, 1.54) is 0 Å². The van der Waals surface area contributed by atoms with Crippen LogP contribution in [0.1, 0.15) is 32.2 Å². The molecular formula is C13H17N3O. The fraction of sp³-hybridized carbons (Fsp3) is 0.385. The van der Waals surface area contributed by atoms with Gasteiger partial charge in [-0.3, -0.25) is 0 Å². The molecule has 4 nitrogen and oxygen atoms in total. The Morgan fingerprint density at radius 3 is 2.59 bits per heavy atom. The van der Waals surface area contributed by atoms with Crippen molar-refractivity contribution < 1.29 is 4.42 Å². The van der Waals surface area contributed by atoms with E-state index in [1.54, 1.807) is 0 Å². The summed E-state index contributed by atoms with van der Waals surface area (Å²) in [6.07, 6.45) is 0.990. The second-order valence-electron chi connectivity index (χ2n) is 4.22. The molecule has 0 spiro atoms. The minimum absolute atomic E-state index is 0.190. The van der Waals surface area contributed by atoms with Gasteiger partial charge in [-0.1, -0.05) is 38.5 Å². The number of nitrogens with two attached hydrogens (primary N) is 1. The third-order valence-corrected chi connectivity index (χ3v) is 3.00. The van der Waals surface area contributed by atoms with E-state index < -0.39 is 0 Å². The summed E-state index contributed by atoms with van der Waals surface area (Å²) in [6, 6.07) is 9.51. The Morgan fingerprint density at radius 1 is 1.24 bits per heavy atom. The molecule has 4 heteroatoms. The fourth-order valence-corrected chi connectivity index (χ4v) is 1.56. The molecule has 1 heterocycles. The lowest BCUT2D eigenvalue weighted by Crippen LogP contribution is -2.18. The predicted octanol–water partition coefficient (Wildman–Crippen LogP) is 2.78. The lowest BCUT2D eigenvalue weighted by molar-refractivity contribution is 0.368. The van der Waals surface area contributed by atoms with E-state index in [2.05, 4.69) is 24.0 Å². The Morgan fingerprint density at radius 2 is 1.94 bits per heavy atom. The molecule has 0 aliphatic heterocycles. The van der Waals surface area contributed by atoms with Crippen LogP contribution in [0.15, 0.2) is 34.7 Å². The highest BCUT2D eigenvalue weighted by molar-refractivity contribution is 5.51. The molecule has 90 valence electrons. The van der Waals surface area contributed by atoms with Crippen LogP contribution in [0.25, 0.3) is 11.5 Å². The smallest absolute Gasteiger partial charge is 0.247 e. The van der Waals surface area contributed by atoms with Crippen LogP contribution < -0.4 is 5.73 Å². The largest absolute Gasteiger partial charge is 0.419 e. The molecule has 0 radical (unpaired) electrons. The van der Waals surface area contributed by atoms with E-state index in [0.29, 0.717) is 17.7 Å². The van der Waals surface area contributed by atoms with Gasteiger partial charge in [0.15, 0.2) is 0 Å². The second-order valence-corrected chi connectivity index (χ2v) is 4.22. The lowest BCUT2D eigenvalue weighted by Gasteiger charge is -2.13. The zero-order valence-electron chi connectivity index (χ0n) is 10.1. The Labute approximate surface area is 101 Å². The molecule has 2 rings (SSSR count). The van der Waals surface area contributed by atoms with Crippen molar-refractivity contribution in [1.82, 2.24) is 10.2 Å². The van der Waals surface area contributed by atoms with Gasteiger partial charge in [0, 0.05) is 5.56 Å². The van der Waals surface area contributed by atoms with Crippen molar-refractivity contribution in [3.8, 4) is 11.5 Å². The van der Waals surface area contributed by atoms with Crippen LogP contribution >= 0.6 is 0 Å². The van der Waals surface area contributed by atoms with Gasteiger partial charge in [0.25, 0.3) is 0 Å². The Balaban J connectivity index is 2.22. The molecule has 1 aromatic heterocycles. The molecule has 1 unspecified atom stereocenters. The first-order valence-electron chi connectivity index (χ1n) is 5.86. The van der Waals surface area contributed by atoms with Crippen molar-refractivity contribution in [2.45, 2.75) is 26.3 Å². The zero-order chi connectivity index (χ0) is 12.3. The molecule has 2 N–H and O–H groups in total. The average molecular weight is 231 g/mol. The highest BCUT2D eigenvalue weighted by Gasteiger charge is 2.19. The first-order valence-corrected chi connectivity index (χ1v) is 5.86. The maximum absolute atomic E-state index is 6.04. The van der Waals surface area contributed by atoms with Crippen molar-refractivity contribution in [3.05, 3.63) is 36.2 Å². The van der Waals surface area contributed by atoms with Crippen LogP contribution in [0.3, 0.4) is 0 Å².